The summed E-state index contributed by atoms with van der Waals surface area (Å²) in [5.41, 5.74) is 1.63. The van der Waals surface area contributed by atoms with Gasteiger partial charge in [0, 0.05) is 12.2 Å². The van der Waals surface area contributed by atoms with Gasteiger partial charge in [0.25, 0.3) is 0 Å². The van der Waals surface area contributed by atoms with Gasteiger partial charge in [0.15, 0.2) is 0 Å². The van der Waals surface area contributed by atoms with Gasteiger partial charge in [-0.3, -0.25) is 0 Å². The molecule has 2 aliphatic heterocycles. The van der Waals surface area contributed by atoms with Crippen LogP contribution in [0.4, 0.5) is 0 Å². The topological polar surface area (TPSA) is 3.24 Å². The Bertz CT molecular complexity index is 274. The van der Waals surface area contributed by atoms with Gasteiger partial charge in [0.05, 0.1) is 5.03 Å². The molecule has 0 aromatic rings. The second-order valence-corrected chi connectivity index (χ2v) is 5.01. The van der Waals surface area contributed by atoms with E-state index in [0.717, 1.165) is 5.92 Å². The van der Waals surface area contributed by atoms with Gasteiger partial charge in [-0.25, -0.2) is 0 Å². The van der Waals surface area contributed by atoms with Gasteiger partial charge < -0.3 is 4.90 Å². The van der Waals surface area contributed by atoms with Crippen LogP contribution in [-0.2, 0) is 0 Å². The molecule has 0 bridgehead atoms. The minimum atomic E-state index is 0.886. The smallest absolute Gasteiger partial charge is 0.0753 e. The van der Waals surface area contributed by atoms with Crippen LogP contribution in [0.5, 0.6) is 0 Å². The molecule has 1 nitrogen and oxygen atoms in total. The van der Waals surface area contributed by atoms with Crippen molar-refractivity contribution >= 4 is 11.8 Å². The molecule has 2 heterocycles. The SMILES string of the molecule is C1=C2SC=C(C3CCCC3)N2CC1. The molecule has 3 aliphatic rings. The Morgan fingerprint density at radius 1 is 1.31 bits per heavy atom. The number of thioether (sulfide) groups is 1. The fourth-order valence-corrected chi connectivity index (χ4v) is 3.73. The van der Waals surface area contributed by atoms with E-state index in [0.29, 0.717) is 0 Å². The van der Waals surface area contributed by atoms with Crippen molar-refractivity contribution in [3.8, 4) is 0 Å². The van der Waals surface area contributed by atoms with Crippen LogP contribution in [0.3, 0.4) is 0 Å². The molecule has 0 radical (unpaired) electrons. The van der Waals surface area contributed by atoms with Crippen molar-refractivity contribution < 1.29 is 0 Å². The minimum Gasteiger partial charge on any atom is -0.339 e. The predicted octanol–water partition coefficient (Wildman–Crippen LogP) is 3.31. The maximum Gasteiger partial charge on any atom is 0.0753 e. The molecule has 1 fully saturated rings. The Morgan fingerprint density at radius 2 is 2.15 bits per heavy atom. The van der Waals surface area contributed by atoms with Crippen LogP contribution in [0.1, 0.15) is 32.1 Å². The van der Waals surface area contributed by atoms with E-state index in [-0.39, 0.29) is 0 Å². The lowest BCUT2D eigenvalue weighted by atomic mass is 10.0. The predicted molar refractivity (Wildman–Crippen MR) is 57.0 cm³/mol. The Hall–Kier alpha value is -0.370. The van der Waals surface area contributed by atoms with Crippen molar-refractivity contribution in [1.82, 2.24) is 4.90 Å². The van der Waals surface area contributed by atoms with Crippen LogP contribution in [0.2, 0.25) is 0 Å². The van der Waals surface area contributed by atoms with Gasteiger partial charge >= 0.3 is 0 Å². The summed E-state index contributed by atoms with van der Waals surface area (Å²) in [5.74, 6) is 0.886. The first-order chi connectivity index (χ1) is 6.45. The van der Waals surface area contributed by atoms with Crippen molar-refractivity contribution in [2.75, 3.05) is 6.54 Å². The fourth-order valence-electron chi connectivity index (χ4n) is 2.63. The van der Waals surface area contributed by atoms with E-state index in [4.69, 9.17) is 0 Å². The summed E-state index contributed by atoms with van der Waals surface area (Å²) in [6.07, 6.45) is 9.38. The van der Waals surface area contributed by atoms with Gasteiger partial charge in [0.1, 0.15) is 0 Å². The minimum absolute atomic E-state index is 0.886. The number of hydrogen-bond acceptors (Lipinski definition) is 2. The number of allylic oxidation sites excluding steroid dienone is 1. The van der Waals surface area contributed by atoms with Gasteiger partial charge in [0.2, 0.25) is 0 Å². The maximum absolute atomic E-state index is 2.54. The van der Waals surface area contributed by atoms with Crippen molar-refractivity contribution in [2.24, 2.45) is 5.92 Å². The van der Waals surface area contributed by atoms with Crippen LogP contribution < -0.4 is 0 Å². The summed E-state index contributed by atoms with van der Waals surface area (Å²) in [4.78, 5) is 2.54. The second kappa shape index (κ2) is 3.09. The zero-order chi connectivity index (χ0) is 8.67. The maximum atomic E-state index is 2.54. The van der Waals surface area contributed by atoms with Crippen molar-refractivity contribution in [2.45, 2.75) is 32.1 Å². The molecule has 0 atom stereocenters. The van der Waals surface area contributed by atoms with Crippen molar-refractivity contribution in [3.63, 3.8) is 0 Å². The molecule has 0 aromatic heterocycles. The number of fused-ring (bicyclic) bond motifs is 1. The third-order valence-corrected chi connectivity index (χ3v) is 4.31. The average molecular weight is 193 g/mol. The highest BCUT2D eigenvalue weighted by Gasteiger charge is 2.30. The van der Waals surface area contributed by atoms with Gasteiger partial charge in [-0.05, 0) is 30.6 Å². The summed E-state index contributed by atoms with van der Waals surface area (Å²) in [7, 11) is 0. The van der Waals surface area contributed by atoms with Crippen molar-refractivity contribution in [1.29, 1.82) is 0 Å². The average Bonchev–Trinajstić information content (AvgIpc) is 2.79. The Morgan fingerprint density at radius 3 is 3.00 bits per heavy atom. The van der Waals surface area contributed by atoms with Crippen LogP contribution in [0, 0.1) is 5.92 Å². The van der Waals surface area contributed by atoms with E-state index in [2.05, 4.69) is 16.4 Å². The molecule has 2 heteroatoms. The molecule has 0 unspecified atom stereocenters. The zero-order valence-electron chi connectivity index (χ0n) is 7.83. The Kier molecular flexibility index (Phi) is 1.90. The summed E-state index contributed by atoms with van der Waals surface area (Å²) < 4.78 is 0. The Balaban J connectivity index is 1.80. The molecule has 0 saturated heterocycles. The van der Waals surface area contributed by atoms with E-state index >= 15 is 0 Å². The van der Waals surface area contributed by atoms with Crippen LogP contribution in [0.25, 0.3) is 0 Å². The van der Waals surface area contributed by atoms with E-state index < -0.39 is 0 Å². The second-order valence-electron chi connectivity index (χ2n) is 4.12. The molecular formula is C11H15NS. The lowest BCUT2D eigenvalue weighted by Crippen LogP contribution is -2.18. The first-order valence-corrected chi connectivity index (χ1v) is 6.17. The van der Waals surface area contributed by atoms with Crippen LogP contribution in [0.15, 0.2) is 22.2 Å². The summed E-state index contributed by atoms with van der Waals surface area (Å²) in [6, 6.07) is 0. The Labute approximate surface area is 83.9 Å². The molecule has 1 aliphatic carbocycles. The number of nitrogens with zero attached hydrogens (tertiary/aromatic N) is 1. The standard InChI is InChI=1S/C11H15NS/c1-2-5-9(4-1)10-8-13-11-6-3-7-12(10)11/h6,8-9H,1-5,7H2. The molecule has 0 amide bonds. The molecule has 13 heavy (non-hydrogen) atoms. The highest BCUT2D eigenvalue weighted by Crippen LogP contribution is 2.45. The van der Waals surface area contributed by atoms with E-state index in [9.17, 15) is 0 Å². The normalized spacial score (nSPS) is 27.8. The van der Waals surface area contributed by atoms with E-state index in [1.54, 1.807) is 5.70 Å². The summed E-state index contributed by atoms with van der Waals surface area (Å²) >= 11 is 1.93. The highest BCUT2D eigenvalue weighted by atomic mass is 32.2. The van der Waals surface area contributed by atoms with Crippen LogP contribution in [-0.4, -0.2) is 11.4 Å². The summed E-state index contributed by atoms with van der Waals surface area (Å²) in [6.45, 7) is 1.24. The summed E-state index contributed by atoms with van der Waals surface area (Å²) in [5, 5.41) is 3.89. The van der Waals surface area contributed by atoms with Crippen molar-refractivity contribution in [3.05, 3.63) is 22.2 Å². The zero-order valence-corrected chi connectivity index (χ0v) is 8.65. The largest absolute Gasteiger partial charge is 0.339 e. The molecule has 0 aromatic carbocycles. The lowest BCUT2D eigenvalue weighted by molar-refractivity contribution is 0.417. The third-order valence-electron chi connectivity index (χ3n) is 3.32. The number of rotatable bonds is 1. The molecule has 3 rings (SSSR count). The van der Waals surface area contributed by atoms with Crippen LogP contribution >= 0.6 is 11.8 Å². The first kappa shape index (κ1) is 7.98. The lowest BCUT2D eigenvalue weighted by Gasteiger charge is -2.22. The molecule has 0 N–H and O–H groups in total. The van der Waals surface area contributed by atoms with E-state index in [1.807, 2.05) is 11.8 Å². The first-order valence-electron chi connectivity index (χ1n) is 5.29. The highest BCUT2D eigenvalue weighted by molar-refractivity contribution is 8.06. The number of hydrogen-bond donors (Lipinski definition) is 0. The van der Waals surface area contributed by atoms with Gasteiger partial charge in [-0.2, -0.15) is 0 Å². The molecule has 1 saturated carbocycles. The van der Waals surface area contributed by atoms with Gasteiger partial charge in [-0.1, -0.05) is 30.7 Å². The monoisotopic (exact) mass is 193 g/mol. The molecule has 70 valence electrons. The third kappa shape index (κ3) is 1.23. The fraction of sp³-hybridized carbons (Fsp3) is 0.636. The molecule has 0 spiro atoms. The molecular weight excluding hydrogens is 178 g/mol. The van der Waals surface area contributed by atoms with E-state index in [1.165, 1.54) is 43.7 Å². The quantitative estimate of drug-likeness (QED) is 0.628. The van der Waals surface area contributed by atoms with Gasteiger partial charge in [-0.15, -0.1) is 0 Å².